The molecule has 3 aromatic rings. The standard InChI is InChI=1S/C19H17NO2/c1-13-8-10-16(11-9-13)20-14(2)17(19(21)22)12-18(20)15-6-4-3-5-7-15/h3-12H,1-2H3,(H,21,22). The van der Waals surface area contributed by atoms with Gasteiger partial charge < -0.3 is 9.67 Å². The van der Waals surface area contributed by atoms with Gasteiger partial charge in [-0.15, -0.1) is 0 Å². The summed E-state index contributed by atoms with van der Waals surface area (Å²) in [6.45, 7) is 3.88. The highest BCUT2D eigenvalue weighted by Crippen LogP contribution is 2.29. The van der Waals surface area contributed by atoms with E-state index in [0.29, 0.717) is 5.56 Å². The second kappa shape index (κ2) is 5.53. The minimum atomic E-state index is -0.902. The lowest BCUT2D eigenvalue weighted by molar-refractivity contribution is 0.0696. The van der Waals surface area contributed by atoms with Crippen molar-refractivity contribution in [3.8, 4) is 16.9 Å². The highest BCUT2D eigenvalue weighted by Gasteiger charge is 2.18. The summed E-state index contributed by atoms with van der Waals surface area (Å²) in [7, 11) is 0. The first-order valence-electron chi connectivity index (χ1n) is 7.16. The molecule has 0 fully saturated rings. The summed E-state index contributed by atoms with van der Waals surface area (Å²) in [5, 5.41) is 9.43. The SMILES string of the molecule is Cc1ccc(-n2c(-c3ccccc3)cc(C(=O)O)c2C)cc1. The first kappa shape index (κ1) is 14.1. The van der Waals surface area contributed by atoms with Crippen molar-refractivity contribution in [3.05, 3.63) is 77.5 Å². The molecule has 0 bridgehead atoms. The number of hydrogen-bond acceptors (Lipinski definition) is 1. The Labute approximate surface area is 129 Å². The van der Waals surface area contributed by atoms with Crippen molar-refractivity contribution in [1.29, 1.82) is 0 Å². The van der Waals surface area contributed by atoms with Gasteiger partial charge in [0.25, 0.3) is 0 Å². The van der Waals surface area contributed by atoms with Gasteiger partial charge >= 0.3 is 5.97 Å². The number of aromatic nitrogens is 1. The first-order chi connectivity index (χ1) is 10.6. The van der Waals surface area contributed by atoms with E-state index in [1.54, 1.807) is 6.07 Å². The molecule has 0 amide bonds. The third kappa shape index (κ3) is 2.42. The number of carbonyl (C=O) groups is 1. The van der Waals surface area contributed by atoms with Crippen molar-refractivity contribution in [1.82, 2.24) is 4.57 Å². The van der Waals surface area contributed by atoms with Crippen LogP contribution in [0.4, 0.5) is 0 Å². The summed E-state index contributed by atoms with van der Waals surface area (Å²) in [6, 6.07) is 19.7. The van der Waals surface area contributed by atoms with E-state index in [1.165, 1.54) is 5.56 Å². The van der Waals surface area contributed by atoms with Crippen molar-refractivity contribution >= 4 is 5.97 Å². The Morgan fingerprint density at radius 1 is 0.955 bits per heavy atom. The minimum absolute atomic E-state index is 0.333. The molecule has 1 heterocycles. The maximum absolute atomic E-state index is 11.5. The van der Waals surface area contributed by atoms with Crippen LogP contribution in [0.1, 0.15) is 21.6 Å². The Bertz CT molecular complexity index is 815. The van der Waals surface area contributed by atoms with Crippen LogP contribution in [-0.2, 0) is 0 Å². The Balaban J connectivity index is 2.27. The number of aromatic carboxylic acids is 1. The van der Waals surface area contributed by atoms with E-state index in [1.807, 2.05) is 73.0 Å². The predicted octanol–water partition coefficient (Wildman–Crippen LogP) is 4.46. The molecule has 110 valence electrons. The monoisotopic (exact) mass is 291 g/mol. The highest BCUT2D eigenvalue weighted by atomic mass is 16.4. The normalized spacial score (nSPS) is 10.6. The van der Waals surface area contributed by atoms with Crippen molar-refractivity contribution in [2.75, 3.05) is 0 Å². The van der Waals surface area contributed by atoms with Gasteiger partial charge in [-0.1, -0.05) is 48.0 Å². The lowest BCUT2D eigenvalue weighted by Crippen LogP contribution is -2.02. The number of aryl methyl sites for hydroxylation is 1. The van der Waals surface area contributed by atoms with Gasteiger partial charge in [0.05, 0.1) is 11.3 Å². The van der Waals surface area contributed by atoms with Crippen molar-refractivity contribution in [2.24, 2.45) is 0 Å². The lowest BCUT2D eigenvalue weighted by Gasteiger charge is -2.12. The molecular weight excluding hydrogens is 274 g/mol. The van der Waals surface area contributed by atoms with Gasteiger partial charge in [0.1, 0.15) is 0 Å². The number of hydrogen-bond donors (Lipinski definition) is 1. The Morgan fingerprint density at radius 3 is 2.18 bits per heavy atom. The average molecular weight is 291 g/mol. The van der Waals surface area contributed by atoms with Gasteiger partial charge in [0.2, 0.25) is 0 Å². The van der Waals surface area contributed by atoms with Crippen LogP contribution >= 0.6 is 0 Å². The fourth-order valence-electron chi connectivity index (χ4n) is 2.67. The second-order valence-corrected chi connectivity index (χ2v) is 5.37. The summed E-state index contributed by atoms with van der Waals surface area (Å²) in [6.07, 6.45) is 0. The third-order valence-corrected chi connectivity index (χ3v) is 3.84. The number of benzene rings is 2. The van der Waals surface area contributed by atoms with E-state index in [2.05, 4.69) is 0 Å². The minimum Gasteiger partial charge on any atom is -0.478 e. The molecule has 0 atom stereocenters. The molecule has 0 aliphatic rings. The maximum Gasteiger partial charge on any atom is 0.337 e. The van der Waals surface area contributed by atoms with Crippen LogP contribution in [0.3, 0.4) is 0 Å². The van der Waals surface area contributed by atoms with Crippen LogP contribution in [0.2, 0.25) is 0 Å². The van der Waals surface area contributed by atoms with E-state index in [4.69, 9.17) is 0 Å². The topological polar surface area (TPSA) is 42.2 Å². The predicted molar refractivity (Wildman–Crippen MR) is 87.6 cm³/mol. The highest BCUT2D eigenvalue weighted by molar-refractivity contribution is 5.91. The fourth-order valence-corrected chi connectivity index (χ4v) is 2.67. The summed E-state index contributed by atoms with van der Waals surface area (Å²) >= 11 is 0. The van der Waals surface area contributed by atoms with Crippen LogP contribution in [-0.4, -0.2) is 15.6 Å². The summed E-state index contributed by atoms with van der Waals surface area (Å²) in [4.78, 5) is 11.5. The molecule has 0 unspecified atom stereocenters. The molecule has 3 heteroatoms. The van der Waals surface area contributed by atoms with E-state index in [9.17, 15) is 9.90 Å². The first-order valence-corrected chi connectivity index (χ1v) is 7.16. The van der Waals surface area contributed by atoms with Gasteiger partial charge in [0, 0.05) is 11.4 Å². The average Bonchev–Trinajstić information content (AvgIpc) is 2.87. The molecular formula is C19H17NO2. The molecule has 3 rings (SSSR count). The number of rotatable bonds is 3. The lowest BCUT2D eigenvalue weighted by atomic mass is 10.1. The molecule has 0 saturated heterocycles. The molecule has 1 aromatic heterocycles. The zero-order valence-corrected chi connectivity index (χ0v) is 12.6. The van der Waals surface area contributed by atoms with Crippen LogP contribution in [0.25, 0.3) is 16.9 Å². The number of carboxylic acids is 1. The summed E-state index contributed by atoms with van der Waals surface area (Å²) in [5.41, 5.74) is 5.09. The molecule has 0 aliphatic heterocycles. The van der Waals surface area contributed by atoms with Gasteiger partial charge in [-0.3, -0.25) is 0 Å². The summed E-state index contributed by atoms with van der Waals surface area (Å²) in [5.74, 6) is -0.902. The molecule has 0 aliphatic carbocycles. The smallest absolute Gasteiger partial charge is 0.337 e. The van der Waals surface area contributed by atoms with E-state index >= 15 is 0 Å². The quantitative estimate of drug-likeness (QED) is 0.774. The Morgan fingerprint density at radius 2 is 1.59 bits per heavy atom. The maximum atomic E-state index is 11.5. The van der Waals surface area contributed by atoms with Crippen molar-refractivity contribution in [3.63, 3.8) is 0 Å². The van der Waals surface area contributed by atoms with Gasteiger partial charge in [0.15, 0.2) is 0 Å². The van der Waals surface area contributed by atoms with Crippen LogP contribution in [0.5, 0.6) is 0 Å². The van der Waals surface area contributed by atoms with Gasteiger partial charge in [-0.25, -0.2) is 4.79 Å². The fraction of sp³-hybridized carbons (Fsp3) is 0.105. The van der Waals surface area contributed by atoms with E-state index in [0.717, 1.165) is 22.6 Å². The van der Waals surface area contributed by atoms with Crippen LogP contribution < -0.4 is 0 Å². The van der Waals surface area contributed by atoms with E-state index in [-0.39, 0.29) is 0 Å². The molecule has 2 aromatic carbocycles. The molecule has 3 nitrogen and oxygen atoms in total. The van der Waals surface area contributed by atoms with E-state index < -0.39 is 5.97 Å². The zero-order chi connectivity index (χ0) is 15.7. The van der Waals surface area contributed by atoms with Crippen LogP contribution in [0, 0.1) is 13.8 Å². The molecule has 22 heavy (non-hydrogen) atoms. The number of carboxylic acid groups (broad SMARTS) is 1. The third-order valence-electron chi connectivity index (χ3n) is 3.84. The van der Waals surface area contributed by atoms with Gasteiger partial charge in [-0.05, 0) is 37.6 Å². The van der Waals surface area contributed by atoms with Crippen molar-refractivity contribution < 1.29 is 9.90 Å². The number of nitrogens with zero attached hydrogens (tertiary/aromatic N) is 1. The molecule has 0 radical (unpaired) electrons. The van der Waals surface area contributed by atoms with Gasteiger partial charge in [-0.2, -0.15) is 0 Å². The molecule has 0 saturated carbocycles. The van der Waals surface area contributed by atoms with Crippen LogP contribution in [0.15, 0.2) is 60.7 Å². The molecule has 1 N–H and O–H groups in total. The van der Waals surface area contributed by atoms with Crippen molar-refractivity contribution in [2.45, 2.75) is 13.8 Å². The Kier molecular flexibility index (Phi) is 3.55. The Hall–Kier alpha value is -2.81. The second-order valence-electron chi connectivity index (χ2n) is 5.37. The molecule has 0 spiro atoms. The zero-order valence-electron chi connectivity index (χ0n) is 12.6. The summed E-state index contributed by atoms with van der Waals surface area (Å²) < 4.78 is 2.00. The largest absolute Gasteiger partial charge is 0.478 e.